The number of imidazole rings is 1. The molecule has 2 aromatic heterocycles. The van der Waals surface area contributed by atoms with E-state index in [0.717, 1.165) is 39.2 Å². The Kier molecular flexibility index (Phi) is 4.16. The normalized spacial score (nSPS) is 10.7. The number of fused-ring (bicyclic) bond motifs is 1. The summed E-state index contributed by atoms with van der Waals surface area (Å²) in [4.78, 5) is 4.93. The average molecular weight is 371 g/mol. The molecule has 0 aliphatic carbocycles. The Hall–Kier alpha value is -4.16. The second kappa shape index (κ2) is 7.10. The summed E-state index contributed by atoms with van der Waals surface area (Å²) in [5, 5.41) is 9.13. The zero-order valence-corrected chi connectivity index (χ0v) is 15.7. The summed E-state index contributed by atoms with van der Waals surface area (Å²) >= 11 is 0. The van der Waals surface area contributed by atoms with Gasteiger partial charge in [0.1, 0.15) is 5.65 Å². The highest BCUT2D eigenvalue weighted by atomic mass is 15.0. The molecule has 0 unspecified atom stereocenters. The molecular weight excluding hydrogens is 354 g/mol. The van der Waals surface area contributed by atoms with Gasteiger partial charge in [0.25, 0.3) is 0 Å². The van der Waals surface area contributed by atoms with E-state index < -0.39 is 0 Å². The number of pyridine rings is 1. The third kappa shape index (κ3) is 3.18. The summed E-state index contributed by atoms with van der Waals surface area (Å²) in [6, 6.07) is 32.6. The van der Waals surface area contributed by atoms with Crippen molar-refractivity contribution < 1.29 is 0 Å². The molecule has 0 saturated heterocycles. The second-order valence-corrected chi connectivity index (χ2v) is 6.92. The number of aromatic nitrogens is 2. The predicted molar refractivity (Wildman–Crippen MR) is 116 cm³/mol. The molecule has 0 atom stereocenters. The van der Waals surface area contributed by atoms with Gasteiger partial charge in [-0.3, -0.25) is 0 Å². The minimum atomic E-state index is 0.650. The maximum atomic E-state index is 9.13. The molecule has 3 nitrogen and oxygen atoms in total. The van der Waals surface area contributed by atoms with Gasteiger partial charge in [0.15, 0.2) is 0 Å². The van der Waals surface area contributed by atoms with Crippen LogP contribution in [0.1, 0.15) is 5.56 Å². The van der Waals surface area contributed by atoms with E-state index in [1.165, 1.54) is 0 Å². The summed E-state index contributed by atoms with van der Waals surface area (Å²) in [5.41, 5.74) is 7.92. The van der Waals surface area contributed by atoms with Gasteiger partial charge in [-0.25, -0.2) is 4.98 Å². The zero-order chi connectivity index (χ0) is 19.6. The first-order valence-electron chi connectivity index (χ1n) is 9.46. The molecule has 0 aliphatic heterocycles. The van der Waals surface area contributed by atoms with Crippen LogP contribution in [-0.4, -0.2) is 9.38 Å². The Morgan fingerprint density at radius 2 is 1.31 bits per heavy atom. The first-order chi connectivity index (χ1) is 14.3. The van der Waals surface area contributed by atoms with Crippen LogP contribution in [0.15, 0.2) is 103 Å². The van der Waals surface area contributed by atoms with E-state index in [-0.39, 0.29) is 0 Å². The van der Waals surface area contributed by atoms with Crippen LogP contribution < -0.4 is 0 Å². The molecule has 0 radical (unpaired) electrons. The molecule has 136 valence electrons. The van der Waals surface area contributed by atoms with Gasteiger partial charge in [0.05, 0.1) is 17.3 Å². The minimum absolute atomic E-state index is 0.650. The lowest BCUT2D eigenvalue weighted by atomic mass is 10.0. The molecule has 3 heteroatoms. The Labute approximate surface area is 169 Å². The van der Waals surface area contributed by atoms with Crippen molar-refractivity contribution in [2.45, 2.75) is 0 Å². The van der Waals surface area contributed by atoms with Crippen LogP contribution in [0.4, 0.5) is 0 Å². The molecule has 5 aromatic rings. The summed E-state index contributed by atoms with van der Waals surface area (Å²) in [7, 11) is 0. The van der Waals surface area contributed by atoms with E-state index in [0.29, 0.717) is 5.56 Å². The summed E-state index contributed by atoms with van der Waals surface area (Å²) < 4.78 is 2.10. The fraction of sp³-hybridized carbons (Fsp3) is 0. The number of rotatable bonds is 3. The van der Waals surface area contributed by atoms with Crippen molar-refractivity contribution in [1.29, 1.82) is 5.26 Å². The molecule has 3 aromatic carbocycles. The molecular formula is C26H17N3. The lowest BCUT2D eigenvalue weighted by molar-refractivity contribution is 1.19. The van der Waals surface area contributed by atoms with Crippen LogP contribution in [0, 0.1) is 11.3 Å². The van der Waals surface area contributed by atoms with Gasteiger partial charge in [0.2, 0.25) is 0 Å². The molecule has 2 heterocycles. The third-order valence-corrected chi connectivity index (χ3v) is 5.05. The van der Waals surface area contributed by atoms with Crippen LogP contribution in [0.3, 0.4) is 0 Å². The third-order valence-electron chi connectivity index (χ3n) is 5.05. The predicted octanol–water partition coefficient (Wildman–Crippen LogP) is 6.21. The van der Waals surface area contributed by atoms with E-state index in [2.05, 4.69) is 53.2 Å². The number of nitriles is 1. The Morgan fingerprint density at radius 1 is 0.655 bits per heavy atom. The summed E-state index contributed by atoms with van der Waals surface area (Å²) in [6.45, 7) is 0. The van der Waals surface area contributed by atoms with Crippen LogP contribution in [-0.2, 0) is 0 Å². The maximum Gasteiger partial charge on any atom is 0.145 e. The van der Waals surface area contributed by atoms with Crippen molar-refractivity contribution in [3.8, 4) is 39.6 Å². The van der Waals surface area contributed by atoms with E-state index >= 15 is 0 Å². The number of nitrogens with zero attached hydrogens (tertiary/aromatic N) is 3. The molecule has 0 spiro atoms. The van der Waals surface area contributed by atoms with Crippen molar-refractivity contribution >= 4 is 5.65 Å². The van der Waals surface area contributed by atoms with Gasteiger partial charge in [-0.2, -0.15) is 5.26 Å². The lowest BCUT2D eigenvalue weighted by Crippen LogP contribution is -1.91. The second-order valence-electron chi connectivity index (χ2n) is 6.92. The zero-order valence-electron chi connectivity index (χ0n) is 15.7. The van der Waals surface area contributed by atoms with Crippen molar-refractivity contribution in [2.24, 2.45) is 0 Å². The fourth-order valence-electron chi connectivity index (χ4n) is 3.57. The maximum absolute atomic E-state index is 9.13. The molecule has 5 rings (SSSR count). The standard InChI is InChI=1S/C26H17N3/c27-16-19-11-13-21(14-12-19)24-15-23(20-7-3-1-4-8-20)17-29-18-25(28-26(24)29)22-9-5-2-6-10-22/h1-15,17-18H. The fourth-order valence-corrected chi connectivity index (χ4v) is 3.57. The van der Waals surface area contributed by atoms with Crippen LogP contribution in [0.2, 0.25) is 0 Å². The highest BCUT2D eigenvalue weighted by molar-refractivity contribution is 5.84. The topological polar surface area (TPSA) is 41.1 Å². The monoisotopic (exact) mass is 371 g/mol. The Bertz CT molecular complexity index is 1330. The largest absolute Gasteiger partial charge is 0.305 e. The number of benzene rings is 3. The molecule has 0 saturated carbocycles. The quantitative estimate of drug-likeness (QED) is 0.378. The summed E-state index contributed by atoms with van der Waals surface area (Å²) in [6.07, 6.45) is 4.20. The van der Waals surface area contributed by atoms with E-state index in [4.69, 9.17) is 10.2 Å². The lowest BCUT2D eigenvalue weighted by Gasteiger charge is -2.09. The Balaban J connectivity index is 1.75. The first-order valence-corrected chi connectivity index (χ1v) is 9.46. The van der Waals surface area contributed by atoms with Crippen molar-refractivity contribution in [2.75, 3.05) is 0 Å². The molecule has 0 N–H and O–H groups in total. The average Bonchev–Trinajstić information content (AvgIpc) is 3.24. The van der Waals surface area contributed by atoms with Gasteiger partial charge in [-0.15, -0.1) is 0 Å². The van der Waals surface area contributed by atoms with Crippen LogP contribution >= 0.6 is 0 Å². The molecule has 0 fully saturated rings. The molecule has 29 heavy (non-hydrogen) atoms. The Morgan fingerprint density at radius 3 is 1.97 bits per heavy atom. The number of hydrogen-bond donors (Lipinski definition) is 0. The van der Waals surface area contributed by atoms with Crippen LogP contribution in [0.25, 0.3) is 39.2 Å². The number of hydrogen-bond acceptors (Lipinski definition) is 2. The van der Waals surface area contributed by atoms with Crippen LogP contribution in [0.5, 0.6) is 0 Å². The van der Waals surface area contributed by atoms with Gasteiger partial charge in [-0.05, 0) is 34.9 Å². The van der Waals surface area contributed by atoms with Gasteiger partial charge >= 0.3 is 0 Å². The summed E-state index contributed by atoms with van der Waals surface area (Å²) in [5.74, 6) is 0. The van der Waals surface area contributed by atoms with Crippen molar-refractivity contribution in [1.82, 2.24) is 9.38 Å². The molecule has 0 aliphatic rings. The van der Waals surface area contributed by atoms with Gasteiger partial charge in [-0.1, -0.05) is 72.8 Å². The first kappa shape index (κ1) is 17.0. The van der Waals surface area contributed by atoms with Crippen molar-refractivity contribution in [3.63, 3.8) is 0 Å². The molecule has 0 amide bonds. The highest BCUT2D eigenvalue weighted by Crippen LogP contribution is 2.32. The minimum Gasteiger partial charge on any atom is -0.305 e. The van der Waals surface area contributed by atoms with E-state index in [1.807, 2.05) is 60.7 Å². The highest BCUT2D eigenvalue weighted by Gasteiger charge is 2.13. The van der Waals surface area contributed by atoms with E-state index in [1.54, 1.807) is 0 Å². The SMILES string of the molecule is N#Cc1ccc(-c2cc(-c3ccccc3)cn3cc(-c4ccccc4)nc23)cc1. The van der Waals surface area contributed by atoms with Gasteiger partial charge in [0, 0.05) is 23.5 Å². The van der Waals surface area contributed by atoms with E-state index in [9.17, 15) is 0 Å². The van der Waals surface area contributed by atoms with Crippen molar-refractivity contribution in [3.05, 3.63) is 109 Å². The smallest absolute Gasteiger partial charge is 0.145 e. The van der Waals surface area contributed by atoms with Gasteiger partial charge < -0.3 is 4.40 Å². The molecule has 0 bridgehead atoms.